The highest BCUT2D eigenvalue weighted by Gasteiger charge is 2.32. The van der Waals surface area contributed by atoms with Gasteiger partial charge in [0.2, 0.25) is 15.2 Å². The number of nitrogens with one attached hydrogen (secondary N) is 1. The molecule has 10 heteroatoms. The first-order valence-corrected chi connectivity index (χ1v) is 12.8. The first-order chi connectivity index (χ1) is 15.3. The van der Waals surface area contributed by atoms with Crippen molar-refractivity contribution in [2.75, 3.05) is 18.5 Å². The Labute approximate surface area is 196 Å². The molecule has 0 bridgehead atoms. The Hall–Kier alpha value is -2.30. The maximum absolute atomic E-state index is 13.2. The smallest absolute Gasteiger partial charge is 0.243 e. The van der Waals surface area contributed by atoms with E-state index in [0.29, 0.717) is 28.9 Å². The van der Waals surface area contributed by atoms with Gasteiger partial charge in [0.05, 0.1) is 29.0 Å². The van der Waals surface area contributed by atoms with E-state index in [-0.39, 0.29) is 17.1 Å². The van der Waals surface area contributed by atoms with E-state index >= 15 is 0 Å². The van der Waals surface area contributed by atoms with E-state index in [1.807, 2.05) is 43.5 Å². The van der Waals surface area contributed by atoms with Crippen molar-refractivity contribution >= 4 is 44.3 Å². The Morgan fingerprint density at radius 1 is 1.19 bits per heavy atom. The molecule has 7 nitrogen and oxygen atoms in total. The molecule has 0 spiro atoms. The molecule has 2 heterocycles. The van der Waals surface area contributed by atoms with Crippen LogP contribution in [0.15, 0.2) is 63.9 Å². The van der Waals surface area contributed by atoms with Crippen LogP contribution in [0.4, 0.5) is 5.13 Å². The fourth-order valence-corrected chi connectivity index (χ4v) is 5.98. The van der Waals surface area contributed by atoms with Crippen molar-refractivity contribution < 1.29 is 13.2 Å². The number of hydrogen-bond donors (Lipinski definition) is 1. The molecule has 1 N–H and O–H groups in total. The Kier molecular flexibility index (Phi) is 6.92. The minimum atomic E-state index is -3.62. The Bertz CT molecular complexity index is 1220. The summed E-state index contributed by atoms with van der Waals surface area (Å²) in [6.45, 7) is 4.44. The van der Waals surface area contributed by atoms with Crippen molar-refractivity contribution in [2.45, 2.75) is 31.0 Å². The van der Waals surface area contributed by atoms with Gasteiger partial charge < -0.3 is 4.74 Å². The molecule has 1 aliphatic rings. The minimum Gasteiger partial charge on any atom is -0.373 e. The molecule has 0 radical (unpaired) electrons. The number of thiazole rings is 1. The van der Waals surface area contributed by atoms with Crippen LogP contribution in [-0.4, -0.2) is 49.2 Å². The van der Waals surface area contributed by atoms with Crippen LogP contribution in [-0.2, 0) is 14.8 Å². The average Bonchev–Trinajstić information content (AvgIpc) is 3.23. The number of aromatic nitrogens is 1. The van der Waals surface area contributed by atoms with Crippen LogP contribution in [0.2, 0.25) is 5.02 Å². The number of morpholine rings is 1. The normalized spacial score (nSPS) is 20.0. The van der Waals surface area contributed by atoms with Crippen molar-refractivity contribution in [3.05, 3.63) is 64.5 Å². The van der Waals surface area contributed by atoms with Crippen LogP contribution in [0.25, 0.3) is 11.3 Å². The Morgan fingerprint density at radius 2 is 1.94 bits per heavy atom. The second-order valence-corrected chi connectivity index (χ2v) is 10.7. The molecule has 2 atom stereocenters. The van der Waals surface area contributed by atoms with Gasteiger partial charge in [-0.15, -0.1) is 11.3 Å². The number of ether oxygens (including phenoxy) is 1. The number of benzene rings is 2. The van der Waals surface area contributed by atoms with Gasteiger partial charge in [0, 0.05) is 34.6 Å². The van der Waals surface area contributed by atoms with Crippen molar-refractivity contribution in [1.82, 2.24) is 9.29 Å². The van der Waals surface area contributed by atoms with E-state index in [4.69, 9.17) is 16.3 Å². The summed E-state index contributed by atoms with van der Waals surface area (Å²) in [6, 6.07) is 14.2. The fourth-order valence-electron chi connectivity index (χ4n) is 3.49. The van der Waals surface area contributed by atoms with E-state index in [0.717, 1.165) is 11.1 Å². The quantitative estimate of drug-likeness (QED) is 0.399. The summed E-state index contributed by atoms with van der Waals surface area (Å²) >= 11 is 7.50. The highest BCUT2D eigenvalue weighted by molar-refractivity contribution is 7.89. The lowest BCUT2D eigenvalue weighted by Crippen LogP contribution is -2.48. The lowest BCUT2D eigenvalue weighted by atomic mass is 10.2. The average molecular weight is 491 g/mol. The lowest BCUT2D eigenvalue weighted by Gasteiger charge is -2.34. The van der Waals surface area contributed by atoms with E-state index in [1.54, 1.807) is 30.5 Å². The van der Waals surface area contributed by atoms with Gasteiger partial charge >= 0.3 is 0 Å². The van der Waals surface area contributed by atoms with Crippen LogP contribution in [0.5, 0.6) is 0 Å². The van der Waals surface area contributed by atoms with E-state index < -0.39 is 10.0 Å². The van der Waals surface area contributed by atoms with E-state index in [9.17, 15) is 8.42 Å². The number of rotatable bonds is 6. The first-order valence-electron chi connectivity index (χ1n) is 10.1. The molecule has 0 aliphatic carbocycles. The number of nitrogens with zero attached hydrogens (tertiary/aromatic N) is 3. The summed E-state index contributed by atoms with van der Waals surface area (Å²) in [6.07, 6.45) is 1.34. The number of anilines is 1. The first kappa shape index (κ1) is 22.9. The summed E-state index contributed by atoms with van der Waals surface area (Å²) in [5.41, 5.74) is 5.08. The molecule has 1 aliphatic heterocycles. The van der Waals surface area contributed by atoms with Gasteiger partial charge in [-0.05, 0) is 32.0 Å². The standard InChI is InChI=1S/C22H23ClN4O3S2/c1-15-12-27(13-16(2)30-15)32(28,29)19-8-5-7-17(10-19)21-14-31-22(25-21)26-24-11-18-6-3-4-9-20(18)23/h3-11,14-16H,12-13H2,1-2H3,(H,25,26). The topological polar surface area (TPSA) is 83.9 Å². The number of hydrogen-bond acceptors (Lipinski definition) is 7. The van der Waals surface area contributed by atoms with Crippen molar-refractivity contribution in [3.8, 4) is 11.3 Å². The zero-order valence-corrected chi connectivity index (χ0v) is 20.0. The molecule has 1 saturated heterocycles. The van der Waals surface area contributed by atoms with Crippen LogP contribution in [0.3, 0.4) is 0 Å². The molecule has 2 unspecified atom stereocenters. The summed E-state index contributed by atoms with van der Waals surface area (Å²) in [5.74, 6) is 0. The maximum atomic E-state index is 13.2. The molecular formula is C22H23ClN4O3S2. The predicted molar refractivity (Wildman–Crippen MR) is 129 cm³/mol. The van der Waals surface area contributed by atoms with Gasteiger partial charge in [-0.1, -0.05) is 41.9 Å². The number of hydrazone groups is 1. The zero-order valence-electron chi connectivity index (χ0n) is 17.6. The van der Waals surface area contributed by atoms with Crippen molar-refractivity contribution in [2.24, 2.45) is 5.10 Å². The third-order valence-electron chi connectivity index (χ3n) is 4.93. The number of sulfonamides is 1. The second-order valence-electron chi connectivity index (χ2n) is 7.54. The fraction of sp³-hybridized carbons (Fsp3) is 0.273. The molecule has 2 aromatic carbocycles. The van der Waals surface area contributed by atoms with Crippen LogP contribution >= 0.6 is 22.9 Å². The van der Waals surface area contributed by atoms with Crippen LogP contribution in [0, 0.1) is 0 Å². The monoisotopic (exact) mass is 490 g/mol. The molecule has 168 valence electrons. The summed E-state index contributed by atoms with van der Waals surface area (Å²) in [5, 5.41) is 7.25. The molecule has 0 amide bonds. The van der Waals surface area contributed by atoms with E-state index in [2.05, 4.69) is 15.5 Å². The van der Waals surface area contributed by atoms with Gasteiger partial charge in [-0.3, -0.25) is 5.43 Å². The molecule has 32 heavy (non-hydrogen) atoms. The Balaban J connectivity index is 1.50. The summed E-state index contributed by atoms with van der Waals surface area (Å²) < 4.78 is 33.5. The predicted octanol–water partition coefficient (Wildman–Crippen LogP) is 4.71. The molecule has 3 aromatic rings. The molecule has 0 saturated carbocycles. The van der Waals surface area contributed by atoms with Gasteiger partial charge in [0.1, 0.15) is 0 Å². The van der Waals surface area contributed by atoms with Gasteiger partial charge in [0.25, 0.3) is 0 Å². The molecule has 1 fully saturated rings. The second kappa shape index (κ2) is 9.68. The third-order valence-corrected chi connectivity index (χ3v) is 7.85. The number of halogens is 1. The largest absolute Gasteiger partial charge is 0.373 e. The lowest BCUT2D eigenvalue weighted by molar-refractivity contribution is -0.0440. The van der Waals surface area contributed by atoms with Gasteiger partial charge in [0.15, 0.2) is 0 Å². The van der Waals surface area contributed by atoms with E-state index in [1.165, 1.54) is 15.6 Å². The summed E-state index contributed by atoms with van der Waals surface area (Å²) in [4.78, 5) is 4.77. The van der Waals surface area contributed by atoms with Crippen molar-refractivity contribution in [3.63, 3.8) is 0 Å². The van der Waals surface area contributed by atoms with Gasteiger partial charge in [-0.2, -0.15) is 9.41 Å². The maximum Gasteiger partial charge on any atom is 0.243 e. The third kappa shape index (κ3) is 5.19. The molecule has 1 aromatic heterocycles. The SMILES string of the molecule is CC1CN(S(=O)(=O)c2cccc(-c3csc(NN=Cc4ccccc4Cl)n3)c2)CC(C)O1. The highest BCUT2D eigenvalue weighted by Crippen LogP contribution is 2.28. The molecule has 4 rings (SSSR count). The van der Waals surface area contributed by atoms with Crippen LogP contribution < -0.4 is 5.43 Å². The summed E-state index contributed by atoms with van der Waals surface area (Å²) in [7, 11) is -3.62. The molecular weight excluding hydrogens is 468 g/mol. The highest BCUT2D eigenvalue weighted by atomic mass is 35.5. The van der Waals surface area contributed by atoms with Gasteiger partial charge in [-0.25, -0.2) is 13.4 Å². The Morgan fingerprint density at radius 3 is 2.69 bits per heavy atom. The van der Waals surface area contributed by atoms with Crippen molar-refractivity contribution in [1.29, 1.82) is 0 Å². The van der Waals surface area contributed by atoms with Crippen LogP contribution in [0.1, 0.15) is 19.4 Å². The zero-order chi connectivity index (χ0) is 22.7. The minimum absolute atomic E-state index is 0.143.